The third-order valence-electron chi connectivity index (χ3n) is 6.69. The monoisotopic (exact) mass is 386 g/mol. The van der Waals surface area contributed by atoms with Crippen LogP contribution in [0.1, 0.15) is 51.4 Å². The number of β-amino-alcohol motifs (C(OH)–C–C–N with tert-alkyl or cyclic N) is 1. The summed E-state index contributed by atoms with van der Waals surface area (Å²) >= 11 is 0. The van der Waals surface area contributed by atoms with E-state index in [1.807, 2.05) is 35.2 Å². The van der Waals surface area contributed by atoms with Crippen LogP contribution in [0.2, 0.25) is 0 Å². The van der Waals surface area contributed by atoms with E-state index in [-0.39, 0.29) is 12.0 Å². The van der Waals surface area contributed by atoms with Crippen LogP contribution in [0.5, 0.6) is 5.75 Å². The Morgan fingerprint density at radius 3 is 2.57 bits per heavy atom. The fraction of sp³-hybridized carbons (Fsp3) is 0.696. The summed E-state index contributed by atoms with van der Waals surface area (Å²) in [6, 6.07) is 9.84. The van der Waals surface area contributed by atoms with Crippen LogP contribution < -0.4 is 4.74 Å². The zero-order chi connectivity index (χ0) is 19.4. The summed E-state index contributed by atoms with van der Waals surface area (Å²) in [6.45, 7) is 3.58. The Morgan fingerprint density at radius 2 is 1.82 bits per heavy atom. The predicted octanol–water partition coefficient (Wildman–Crippen LogP) is 3.07. The molecule has 0 aromatic heterocycles. The molecule has 1 aromatic rings. The van der Waals surface area contributed by atoms with Gasteiger partial charge in [0.25, 0.3) is 5.91 Å². The van der Waals surface area contributed by atoms with E-state index < -0.39 is 5.60 Å². The Hall–Kier alpha value is -1.59. The van der Waals surface area contributed by atoms with Gasteiger partial charge in [-0.2, -0.15) is 0 Å². The second kappa shape index (κ2) is 8.83. The summed E-state index contributed by atoms with van der Waals surface area (Å²) < 4.78 is 5.94. The second-order valence-corrected chi connectivity index (χ2v) is 8.97. The normalized spacial score (nSPS) is 27.6. The molecule has 1 amide bonds. The highest BCUT2D eigenvalue weighted by Crippen LogP contribution is 2.30. The molecule has 3 aliphatic rings. The van der Waals surface area contributed by atoms with Gasteiger partial charge in [-0.15, -0.1) is 0 Å². The van der Waals surface area contributed by atoms with E-state index in [9.17, 15) is 9.90 Å². The van der Waals surface area contributed by atoms with Crippen LogP contribution in [0.3, 0.4) is 0 Å². The van der Waals surface area contributed by atoms with E-state index in [1.165, 1.54) is 32.1 Å². The quantitative estimate of drug-likeness (QED) is 0.782. The lowest BCUT2D eigenvalue weighted by atomic mass is 9.86. The average Bonchev–Trinajstić information content (AvgIpc) is 2.69. The summed E-state index contributed by atoms with van der Waals surface area (Å²) in [6.07, 6.45) is 9.37. The van der Waals surface area contributed by atoms with E-state index in [1.54, 1.807) is 0 Å². The maximum atomic E-state index is 13.0. The summed E-state index contributed by atoms with van der Waals surface area (Å²) in [5.41, 5.74) is -1.22. The zero-order valence-corrected chi connectivity index (χ0v) is 16.9. The number of carbonyl (C=O) groups is 1. The van der Waals surface area contributed by atoms with Gasteiger partial charge in [-0.25, -0.2) is 0 Å². The van der Waals surface area contributed by atoms with Crippen LogP contribution in [0.25, 0.3) is 0 Å². The third-order valence-corrected chi connectivity index (χ3v) is 6.69. The first kappa shape index (κ1) is 19.7. The Morgan fingerprint density at radius 1 is 1.07 bits per heavy atom. The third kappa shape index (κ3) is 4.69. The maximum Gasteiger partial charge on any atom is 0.255 e. The first-order valence-corrected chi connectivity index (χ1v) is 11.1. The van der Waals surface area contributed by atoms with E-state index in [0.29, 0.717) is 13.0 Å². The molecule has 4 rings (SSSR count). The highest BCUT2D eigenvalue weighted by molar-refractivity contribution is 5.86. The number of para-hydroxylation sites is 1. The van der Waals surface area contributed by atoms with Gasteiger partial charge in [0.1, 0.15) is 11.9 Å². The van der Waals surface area contributed by atoms with Crippen LogP contribution in [-0.4, -0.2) is 65.2 Å². The van der Waals surface area contributed by atoms with Crippen LogP contribution in [0, 0.1) is 5.92 Å². The summed E-state index contributed by atoms with van der Waals surface area (Å²) in [5, 5.41) is 11.1. The molecule has 0 radical (unpaired) electrons. The SMILES string of the molecule is O=C1N(CCC2CCCCC2)CCCC1(O)CN1CC(Oc2ccccc2)C1. The van der Waals surface area contributed by atoms with Crippen molar-refractivity contribution in [1.82, 2.24) is 9.80 Å². The molecule has 3 fully saturated rings. The molecule has 1 aliphatic carbocycles. The largest absolute Gasteiger partial charge is 0.488 e. The Bertz CT molecular complexity index is 641. The van der Waals surface area contributed by atoms with Crippen molar-refractivity contribution in [3.8, 4) is 5.75 Å². The number of carbonyl (C=O) groups excluding carboxylic acids is 1. The van der Waals surface area contributed by atoms with Gasteiger partial charge < -0.3 is 14.7 Å². The minimum atomic E-state index is -1.22. The number of amides is 1. The van der Waals surface area contributed by atoms with Gasteiger partial charge in [0.2, 0.25) is 0 Å². The highest BCUT2D eigenvalue weighted by Gasteiger charge is 2.45. The van der Waals surface area contributed by atoms with Gasteiger partial charge in [-0.3, -0.25) is 9.69 Å². The van der Waals surface area contributed by atoms with Crippen LogP contribution >= 0.6 is 0 Å². The van der Waals surface area contributed by atoms with Crippen molar-refractivity contribution in [1.29, 1.82) is 0 Å². The van der Waals surface area contributed by atoms with Gasteiger partial charge in [-0.05, 0) is 37.3 Å². The number of piperidine rings is 1. The standard InChI is InChI=1S/C23H34N2O3/c26-22-23(27,13-7-14-25(22)15-12-19-8-3-1-4-9-19)18-24-16-21(17-24)28-20-10-5-2-6-11-20/h2,5-6,10-11,19,21,27H,1,3-4,7-9,12-18H2. The van der Waals surface area contributed by atoms with Crippen molar-refractivity contribution in [3.63, 3.8) is 0 Å². The number of likely N-dealkylation sites (tertiary alicyclic amines) is 2. The van der Waals surface area contributed by atoms with Crippen molar-refractivity contribution in [2.75, 3.05) is 32.7 Å². The smallest absolute Gasteiger partial charge is 0.255 e. The van der Waals surface area contributed by atoms with Gasteiger partial charge in [0, 0.05) is 32.7 Å². The number of rotatable bonds is 7. The molecule has 1 atom stereocenters. The zero-order valence-electron chi connectivity index (χ0n) is 16.9. The van der Waals surface area contributed by atoms with Gasteiger partial charge in [0.05, 0.1) is 0 Å². The molecule has 1 aromatic carbocycles. The number of hydrogen-bond donors (Lipinski definition) is 1. The molecule has 1 saturated carbocycles. The molecule has 2 heterocycles. The van der Waals surface area contributed by atoms with Crippen LogP contribution in [0.4, 0.5) is 0 Å². The van der Waals surface area contributed by atoms with Crippen molar-refractivity contribution >= 4 is 5.91 Å². The molecule has 5 nitrogen and oxygen atoms in total. The number of benzene rings is 1. The Balaban J connectivity index is 1.24. The summed E-state index contributed by atoms with van der Waals surface area (Å²) in [5.74, 6) is 1.60. The highest BCUT2D eigenvalue weighted by atomic mass is 16.5. The lowest BCUT2D eigenvalue weighted by Gasteiger charge is -2.45. The number of aliphatic hydroxyl groups is 1. The van der Waals surface area contributed by atoms with Gasteiger partial charge in [0.15, 0.2) is 5.60 Å². The Kier molecular flexibility index (Phi) is 6.22. The molecule has 2 saturated heterocycles. The maximum absolute atomic E-state index is 13.0. The van der Waals surface area contributed by atoms with E-state index in [4.69, 9.17) is 4.74 Å². The number of nitrogens with zero attached hydrogens (tertiary/aromatic N) is 2. The van der Waals surface area contributed by atoms with Crippen molar-refractivity contribution in [2.24, 2.45) is 5.92 Å². The van der Waals surface area contributed by atoms with Gasteiger partial charge >= 0.3 is 0 Å². The molecule has 0 spiro atoms. The van der Waals surface area contributed by atoms with Crippen LogP contribution in [0.15, 0.2) is 30.3 Å². The fourth-order valence-corrected chi connectivity index (χ4v) is 5.03. The molecule has 1 N–H and O–H groups in total. The van der Waals surface area contributed by atoms with Crippen molar-refractivity contribution < 1.29 is 14.6 Å². The number of ether oxygens (including phenoxy) is 1. The minimum absolute atomic E-state index is 0.0537. The Labute approximate surface area is 168 Å². The molecular formula is C23H34N2O3. The minimum Gasteiger partial charge on any atom is -0.488 e. The predicted molar refractivity (Wildman–Crippen MR) is 109 cm³/mol. The van der Waals surface area contributed by atoms with Crippen molar-refractivity contribution in [3.05, 3.63) is 30.3 Å². The van der Waals surface area contributed by atoms with E-state index in [2.05, 4.69) is 4.90 Å². The first-order valence-electron chi connectivity index (χ1n) is 11.1. The van der Waals surface area contributed by atoms with Crippen molar-refractivity contribution in [2.45, 2.75) is 63.1 Å². The lowest BCUT2D eigenvalue weighted by molar-refractivity contribution is -0.162. The van der Waals surface area contributed by atoms with Gasteiger partial charge in [-0.1, -0.05) is 50.3 Å². The molecule has 0 bridgehead atoms. The second-order valence-electron chi connectivity index (χ2n) is 8.97. The molecule has 2 aliphatic heterocycles. The summed E-state index contributed by atoms with van der Waals surface area (Å²) in [7, 11) is 0. The molecule has 28 heavy (non-hydrogen) atoms. The fourth-order valence-electron chi connectivity index (χ4n) is 5.03. The summed E-state index contributed by atoms with van der Waals surface area (Å²) in [4.78, 5) is 17.1. The van der Waals surface area contributed by atoms with Crippen LogP contribution in [-0.2, 0) is 4.79 Å². The topological polar surface area (TPSA) is 53.0 Å². The lowest BCUT2D eigenvalue weighted by Crippen LogP contribution is -2.64. The van der Waals surface area contributed by atoms with E-state index >= 15 is 0 Å². The van der Waals surface area contributed by atoms with E-state index in [0.717, 1.165) is 50.7 Å². The molecule has 1 unspecified atom stereocenters. The molecule has 154 valence electrons. The first-order chi connectivity index (χ1) is 13.6. The number of hydrogen-bond acceptors (Lipinski definition) is 4. The molecule has 5 heteroatoms. The molecular weight excluding hydrogens is 352 g/mol. The average molecular weight is 387 g/mol.